The average Bonchev–Trinajstić information content (AvgIpc) is 2.48. The number of esters is 1. The van der Waals surface area contributed by atoms with Gasteiger partial charge in [-0.15, -0.1) is 0 Å². The first-order valence-corrected chi connectivity index (χ1v) is 8.11. The van der Waals surface area contributed by atoms with Crippen molar-refractivity contribution in [2.45, 2.75) is 6.92 Å². The normalized spacial score (nSPS) is 10.7. The quantitative estimate of drug-likeness (QED) is 0.440. The summed E-state index contributed by atoms with van der Waals surface area (Å²) in [5, 5.41) is 0.381. The van der Waals surface area contributed by atoms with Crippen molar-refractivity contribution < 1.29 is 13.9 Å². The zero-order valence-corrected chi connectivity index (χ0v) is 15.0. The van der Waals surface area contributed by atoms with E-state index < -0.39 is 11.6 Å². The van der Waals surface area contributed by atoms with Crippen molar-refractivity contribution in [3.63, 3.8) is 0 Å². The van der Waals surface area contributed by atoms with Gasteiger partial charge in [-0.1, -0.05) is 15.9 Å². The van der Waals surface area contributed by atoms with Crippen LogP contribution in [-0.4, -0.2) is 11.0 Å². The van der Waals surface area contributed by atoms with Crippen molar-refractivity contribution in [2.24, 2.45) is 0 Å². The van der Waals surface area contributed by atoms with Crippen molar-refractivity contribution in [1.29, 1.82) is 0 Å². The highest BCUT2D eigenvalue weighted by Crippen LogP contribution is 2.28. The van der Waals surface area contributed by atoms with Crippen LogP contribution in [0.4, 0.5) is 0 Å². The second-order valence-electron chi connectivity index (χ2n) is 4.71. The third-order valence-electron chi connectivity index (χ3n) is 3.01. The molecule has 0 bridgehead atoms. The fourth-order valence-corrected chi connectivity index (χ4v) is 3.37. The molecular weight excluding hydrogens is 430 g/mol. The molecule has 2 aromatic carbocycles. The highest BCUT2D eigenvalue weighted by atomic mass is 79.9. The Morgan fingerprint density at radius 2 is 1.87 bits per heavy atom. The number of halogens is 2. The summed E-state index contributed by atoms with van der Waals surface area (Å²) < 4.78 is 11.7. The van der Waals surface area contributed by atoms with Gasteiger partial charge >= 0.3 is 11.6 Å². The first-order chi connectivity index (χ1) is 10.9. The SMILES string of the molecule is CC(=O)Oc1ccc(-c2nc3c(Br)cc(Br)cc3c(=O)o2)cc1. The summed E-state index contributed by atoms with van der Waals surface area (Å²) in [5.41, 5.74) is 0.647. The summed E-state index contributed by atoms with van der Waals surface area (Å²) in [6, 6.07) is 10.0. The molecule has 1 heterocycles. The molecule has 0 N–H and O–H groups in total. The molecule has 0 aliphatic rings. The number of hydrogen-bond acceptors (Lipinski definition) is 5. The number of fused-ring (bicyclic) bond motifs is 1. The van der Waals surface area contributed by atoms with Crippen LogP contribution in [0.5, 0.6) is 5.75 Å². The summed E-state index contributed by atoms with van der Waals surface area (Å²) in [6.07, 6.45) is 0. The molecule has 0 fully saturated rings. The number of nitrogens with zero attached hydrogens (tertiary/aromatic N) is 1. The minimum absolute atomic E-state index is 0.194. The van der Waals surface area contributed by atoms with Crippen LogP contribution < -0.4 is 10.4 Å². The molecule has 7 heteroatoms. The molecule has 0 radical (unpaired) electrons. The topological polar surface area (TPSA) is 69.4 Å². The lowest BCUT2D eigenvalue weighted by Gasteiger charge is -2.05. The summed E-state index contributed by atoms with van der Waals surface area (Å²) in [7, 11) is 0. The Morgan fingerprint density at radius 1 is 1.17 bits per heavy atom. The van der Waals surface area contributed by atoms with Crippen LogP contribution in [0, 0.1) is 0 Å². The number of carbonyl (C=O) groups is 1. The minimum atomic E-state index is -0.476. The third-order valence-corrected chi connectivity index (χ3v) is 4.08. The van der Waals surface area contributed by atoms with E-state index in [1.165, 1.54) is 6.92 Å². The van der Waals surface area contributed by atoms with Crippen molar-refractivity contribution >= 4 is 48.7 Å². The largest absolute Gasteiger partial charge is 0.427 e. The van der Waals surface area contributed by atoms with E-state index >= 15 is 0 Å². The van der Waals surface area contributed by atoms with Crippen molar-refractivity contribution in [3.8, 4) is 17.2 Å². The van der Waals surface area contributed by atoms with Gasteiger partial charge in [0.25, 0.3) is 0 Å². The summed E-state index contributed by atoms with van der Waals surface area (Å²) in [6.45, 7) is 1.33. The molecule has 1 aromatic heterocycles. The van der Waals surface area contributed by atoms with E-state index in [1.54, 1.807) is 30.3 Å². The van der Waals surface area contributed by atoms with Crippen LogP contribution in [-0.2, 0) is 4.79 Å². The molecule has 0 atom stereocenters. The van der Waals surface area contributed by atoms with Gasteiger partial charge in [-0.25, -0.2) is 9.78 Å². The van der Waals surface area contributed by atoms with Gasteiger partial charge in [0, 0.05) is 21.4 Å². The van der Waals surface area contributed by atoms with Gasteiger partial charge in [0.15, 0.2) is 0 Å². The predicted molar refractivity (Wildman–Crippen MR) is 92.4 cm³/mol. The molecule has 0 saturated carbocycles. The van der Waals surface area contributed by atoms with Crippen LogP contribution in [0.2, 0.25) is 0 Å². The minimum Gasteiger partial charge on any atom is -0.427 e. The molecule has 23 heavy (non-hydrogen) atoms. The van der Waals surface area contributed by atoms with Gasteiger partial charge in [0.1, 0.15) is 5.75 Å². The number of hydrogen-bond donors (Lipinski definition) is 0. The highest BCUT2D eigenvalue weighted by Gasteiger charge is 2.12. The predicted octanol–water partition coefficient (Wildman–Crippen LogP) is 4.31. The lowest BCUT2D eigenvalue weighted by atomic mass is 10.2. The Labute approximate surface area is 147 Å². The highest BCUT2D eigenvalue weighted by molar-refractivity contribution is 9.11. The second kappa shape index (κ2) is 6.25. The molecule has 116 valence electrons. The Balaban J connectivity index is 2.10. The summed E-state index contributed by atoms with van der Waals surface area (Å²) in [5.74, 6) is 0.206. The van der Waals surface area contributed by atoms with Crippen LogP contribution in [0.3, 0.4) is 0 Å². The van der Waals surface area contributed by atoms with Crippen LogP contribution >= 0.6 is 31.9 Å². The maximum absolute atomic E-state index is 12.2. The summed E-state index contributed by atoms with van der Waals surface area (Å²) in [4.78, 5) is 27.5. The number of benzene rings is 2. The third kappa shape index (κ3) is 3.35. The van der Waals surface area contributed by atoms with E-state index in [-0.39, 0.29) is 5.89 Å². The molecule has 0 unspecified atom stereocenters. The van der Waals surface area contributed by atoms with E-state index in [2.05, 4.69) is 36.8 Å². The Bertz CT molecular complexity index is 964. The Morgan fingerprint density at radius 3 is 2.52 bits per heavy atom. The number of rotatable bonds is 2. The maximum atomic E-state index is 12.2. The van der Waals surface area contributed by atoms with Crippen LogP contribution in [0.1, 0.15) is 6.92 Å². The fraction of sp³-hybridized carbons (Fsp3) is 0.0625. The average molecular weight is 439 g/mol. The molecule has 3 aromatic rings. The Kier molecular flexibility index (Phi) is 4.32. The second-order valence-corrected chi connectivity index (χ2v) is 6.48. The standard InChI is InChI=1S/C16H9Br2NO4/c1-8(20)22-11-4-2-9(3-5-11)15-19-14-12(16(21)23-15)6-10(17)7-13(14)18/h2-7H,1H3. The number of ether oxygens (including phenoxy) is 1. The van der Waals surface area contributed by atoms with Gasteiger partial charge in [-0.3, -0.25) is 4.79 Å². The van der Waals surface area contributed by atoms with Gasteiger partial charge in [0.05, 0.1) is 10.9 Å². The molecule has 0 amide bonds. The zero-order valence-electron chi connectivity index (χ0n) is 11.8. The van der Waals surface area contributed by atoms with Gasteiger partial charge in [0.2, 0.25) is 5.89 Å². The molecule has 0 spiro atoms. The van der Waals surface area contributed by atoms with Crippen LogP contribution in [0.15, 0.2) is 54.6 Å². The first kappa shape index (κ1) is 15.9. The zero-order chi connectivity index (χ0) is 16.6. The van der Waals surface area contributed by atoms with Gasteiger partial charge in [-0.05, 0) is 52.3 Å². The van der Waals surface area contributed by atoms with Crippen molar-refractivity contribution in [2.75, 3.05) is 0 Å². The molecule has 0 aliphatic carbocycles. The smallest absolute Gasteiger partial charge is 0.347 e. The van der Waals surface area contributed by atoms with E-state index in [1.807, 2.05) is 6.07 Å². The van der Waals surface area contributed by atoms with E-state index in [9.17, 15) is 9.59 Å². The monoisotopic (exact) mass is 437 g/mol. The molecule has 3 rings (SSSR count). The fourth-order valence-electron chi connectivity index (χ4n) is 2.06. The van der Waals surface area contributed by atoms with Crippen molar-refractivity contribution in [3.05, 3.63) is 55.8 Å². The number of carbonyl (C=O) groups excluding carboxylic acids is 1. The molecule has 5 nitrogen and oxygen atoms in total. The maximum Gasteiger partial charge on any atom is 0.347 e. The van der Waals surface area contributed by atoms with E-state index in [0.29, 0.717) is 26.7 Å². The molecule has 0 aliphatic heterocycles. The lowest BCUT2D eigenvalue weighted by Crippen LogP contribution is -2.04. The summed E-state index contributed by atoms with van der Waals surface area (Å²) >= 11 is 6.73. The van der Waals surface area contributed by atoms with Gasteiger partial charge in [-0.2, -0.15) is 0 Å². The van der Waals surface area contributed by atoms with E-state index in [4.69, 9.17) is 9.15 Å². The van der Waals surface area contributed by atoms with Crippen molar-refractivity contribution in [1.82, 2.24) is 4.98 Å². The molecular formula is C16H9Br2NO4. The lowest BCUT2D eigenvalue weighted by molar-refractivity contribution is -0.131. The number of aromatic nitrogens is 1. The van der Waals surface area contributed by atoms with Crippen LogP contribution in [0.25, 0.3) is 22.4 Å². The van der Waals surface area contributed by atoms with Gasteiger partial charge < -0.3 is 9.15 Å². The molecule has 0 saturated heterocycles. The Hall–Kier alpha value is -1.99. The van der Waals surface area contributed by atoms with E-state index in [0.717, 1.165) is 4.47 Å². The first-order valence-electron chi connectivity index (χ1n) is 6.53.